The summed E-state index contributed by atoms with van der Waals surface area (Å²) in [6.45, 7) is 1.82. The lowest BCUT2D eigenvalue weighted by atomic mass is 10.0. The first-order chi connectivity index (χ1) is 9.35. The van der Waals surface area contributed by atoms with E-state index in [0.29, 0.717) is 5.69 Å². The molecule has 0 aliphatic rings. The van der Waals surface area contributed by atoms with E-state index in [0.717, 1.165) is 5.01 Å². The number of alkyl halides is 3. The Morgan fingerprint density at radius 1 is 1.35 bits per heavy atom. The minimum Gasteiger partial charge on any atom is -0.405 e. The van der Waals surface area contributed by atoms with Crippen molar-refractivity contribution in [1.29, 1.82) is 0 Å². The molecule has 1 atom stereocenters. The van der Waals surface area contributed by atoms with Gasteiger partial charge in [-0.05, 0) is 13.0 Å². The van der Waals surface area contributed by atoms with Gasteiger partial charge >= 0.3 is 6.36 Å². The van der Waals surface area contributed by atoms with Gasteiger partial charge in [0.05, 0.1) is 16.8 Å². The molecule has 0 saturated heterocycles. The Labute approximate surface area is 117 Å². The first kappa shape index (κ1) is 14.8. The molecule has 1 aromatic carbocycles. The molecule has 2 aromatic rings. The molecule has 0 aliphatic heterocycles. The molecule has 0 bridgehead atoms. The normalized spacial score (nSPS) is 13.2. The summed E-state index contributed by atoms with van der Waals surface area (Å²) in [6, 6.07) is 5.56. The van der Waals surface area contributed by atoms with Gasteiger partial charge < -0.3 is 9.84 Å². The van der Waals surface area contributed by atoms with Gasteiger partial charge in [-0.1, -0.05) is 18.2 Å². The average molecular weight is 303 g/mol. The molecule has 1 aromatic heterocycles. The van der Waals surface area contributed by atoms with Crippen LogP contribution in [0.25, 0.3) is 0 Å². The predicted octanol–water partition coefficient (Wildman–Crippen LogP) is 3.63. The third-order valence-corrected chi connectivity index (χ3v) is 3.40. The van der Waals surface area contributed by atoms with Crippen LogP contribution in [0.2, 0.25) is 0 Å². The maximum Gasteiger partial charge on any atom is 0.573 e. The Kier molecular flexibility index (Phi) is 4.29. The minimum absolute atomic E-state index is 0.0930. The fourth-order valence-electron chi connectivity index (χ4n) is 1.78. The number of hydrogen-bond donors (Lipinski definition) is 1. The fourth-order valence-corrected chi connectivity index (χ4v) is 2.41. The van der Waals surface area contributed by atoms with Gasteiger partial charge in [-0.15, -0.1) is 24.5 Å². The van der Waals surface area contributed by atoms with Crippen LogP contribution in [0, 0.1) is 6.92 Å². The Balaban J connectivity index is 2.19. The number of para-hydroxylation sites is 1. The molecule has 0 aliphatic carbocycles. The zero-order chi connectivity index (χ0) is 14.8. The Morgan fingerprint density at radius 2 is 2.05 bits per heavy atom. The Bertz CT molecular complexity index is 583. The summed E-state index contributed by atoms with van der Waals surface area (Å²) >= 11 is 1.42. The average Bonchev–Trinajstić information content (AvgIpc) is 2.73. The molecule has 2 rings (SSSR count). The number of halogens is 3. The minimum atomic E-state index is -4.78. The lowest BCUT2D eigenvalue weighted by Crippen LogP contribution is -2.19. The number of thiazole rings is 1. The third kappa shape index (κ3) is 3.94. The number of aryl methyl sites for hydroxylation is 1. The largest absolute Gasteiger partial charge is 0.573 e. The number of benzene rings is 1. The van der Waals surface area contributed by atoms with E-state index in [2.05, 4.69) is 9.72 Å². The lowest BCUT2D eigenvalue weighted by Gasteiger charge is -2.16. The molecule has 0 radical (unpaired) electrons. The highest BCUT2D eigenvalue weighted by molar-refractivity contribution is 7.09. The highest BCUT2D eigenvalue weighted by atomic mass is 32.1. The maximum absolute atomic E-state index is 12.3. The van der Waals surface area contributed by atoms with E-state index < -0.39 is 12.5 Å². The molecule has 0 amide bonds. The Morgan fingerprint density at radius 3 is 2.65 bits per heavy atom. The van der Waals surface area contributed by atoms with Crippen molar-refractivity contribution >= 4 is 11.3 Å². The first-order valence-corrected chi connectivity index (χ1v) is 6.67. The second-order valence-electron chi connectivity index (χ2n) is 4.16. The molecule has 0 saturated carbocycles. The second kappa shape index (κ2) is 5.80. The van der Waals surface area contributed by atoms with Crippen LogP contribution in [-0.4, -0.2) is 16.5 Å². The molecule has 3 nitrogen and oxygen atoms in total. The van der Waals surface area contributed by atoms with Crippen molar-refractivity contribution in [1.82, 2.24) is 4.98 Å². The van der Waals surface area contributed by atoms with E-state index in [1.54, 1.807) is 11.4 Å². The number of rotatable bonds is 4. The molecule has 108 valence electrons. The highest BCUT2D eigenvalue weighted by Crippen LogP contribution is 2.31. The molecule has 1 N–H and O–H groups in total. The van der Waals surface area contributed by atoms with E-state index in [1.165, 1.54) is 29.5 Å². The van der Waals surface area contributed by atoms with Crippen molar-refractivity contribution in [2.24, 2.45) is 0 Å². The van der Waals surface area contributed by atoms with Crippen molar-refractivity contribution in [3.05, 3.63) is 45.9 Å². The van der Waals surface area contributed by atoms with Gasteiger partial charge in [-0.25, -0.2) is 4.98 Å². The van der Waals surface area contributed by atoms with Gasteiger partial charge in [0.25, 0.3) is 0 Å². The maximum atomic E-state index is 12.3. The number of aliphatic hydroxyl groups is 1. The molecule has 0 spiro atoms. The van der Waals surface area contributed by atoms with Crippen molar-refractivity contribution in [2.45, 2.75) is 25.8 Å². The molecule has 20 heavy (non-hydrogen) atoms. The summed E-state index contributed by atoms with van der Waals surface area (Å²) in [4.78, 5) is 4.18. The van der Waals surface area contributed by atoms with E-state index in [4.69, 9.17) is 0 Å². The van der Waals surface area contributed by atoms with Crippen LogP contribution >= 0.6 is 11.3 Å². The number of nitrogens with zero attached hydrogens (tertiary/aromatic N) is 1. The quantitative estimate of drug-likeness (QED) is 0.938. The van der Waals surface area contributed by atoms with Crippen LogP contribution in [0.1, 0.15) is 22.4 Å². The van der Waals surface area contributed by atoms with Crippen molar-refractivity contribution < 1.29 is 23.0 Å². The highest BCUT2D eigenvalue weighted by Gasteiger charge is 2.32. The number of aliphatic hydroxyl groups excluding tert-OH is 1. The van der Waals surface area contributed by atoms with Gasteiger partial charge in [0.2, 0.25) is 0 Å². The fraction of sp³-hybridized carbons (Fsp3) is 0.308. The molecule has 7 heteroatoms. The van der Waals surface area contributed by atoms with Gasteiger partial charge in [0.15, 0.2) is 0 Å². The predicted molar refractivity (Wildman–Crippen MR) is 68.6 cm³/mol. The standard InChI is InChI=1S/C13H12F3NO2S/c1-8-17-9(7-20-8)6-11(18)10-4-2-3-5-12(10)19-13(14,15)16/h2-5,7,11,18H,6H2,1H3. The number of ether oxygens (including phenoxy) is 1. The van der Waals surface area contributed by atoms with Crippen LogP contribution in [0.4, 0.5) is 13.2 Å². The summed E-state index contributed by atoms with van der Waals surface area (Å²) in [7, 11) is 0. The zero-order valence-electron chi connectivity index (χ0n) is 10.5. The zero-order valence-corrected chi connectivity index (χ0v) is 11.3. The number of aromatic nitrogens is 1. The van der Waals surface area contributed by atoms with Crippen molar-refractivity contribution in [2.75, 3.05) is 0 Å². The summed E-state index contributed by atoms with van der Waals surface area (Å²) < 4.78 is 40.8. The van der Waals surface area contributed by atoms with Crippen LogP contribution < -0.4 is 4.74 Å². The van der Waals surface area contributed by atoms with Crippen LogP contribution in [0.3, 0.4) is 0 Å². The molecule has 1 unspecified atom stereocenters. The summed E-state index contributed by atoms with van der Waals surface area (Å²) in [6.07, 6.45) is -5.75. The molecular formula is C13H12F3NO2S. The van der Waals surface area contributed by atoms with E-state index >= 15 is 0 Å². The van der Waals surface area contributed by atoms with Gasteiger partial charge in [-0.3, -0.25) is 0 Å². The monoisotopic (exact) mass is 303 g/mol. The van der Waals surface area contributed by atoms with Crippen molar-refractivity contribution in [3.63, 3.8) is 0 Å². The Hall–Kier alpha value is -1.60. The van der Waals surface area contributed by atoms with Gasteiger partial charge in [0.1, 0.15) is 5.75 Å². The smallest absolute Gasteiger partial charge is 0.405 e. The summed E-state index contributed by atoms with van der Waals surface area (Å²) in [5, 5.41) is 12.7. The topological polar surface area (TPSA) is 42.4 Å². The second-order valence-corrected chi connectivity index (χ2v) is 5.23. The van der Waals surface area contributed by atoms with E-state index in [-0.39, 0.29) is 17.7 Å². The first-order valence-electron chi connectivity index (χ1n) is 5.79. The van der Waals surface area contributed by atoms with Crippen LogP contribution in [0.5, 0.6) is 5.75 Å². The van der Waals surface area contributed by atoms with E-state index in [1.807, 2.05) is 6.92 Å². The van der Waals surface area contributed by atoms with Crippen molar-refractivity contribution in [3.8, 4) is 5.75 Å². The third-order valence-electron chi connectivity index (χ3n) is 2.57. The SMILES string of the molecule is Cc1nc(CC(O)c2ccccc2OC(F)(F)F)cs1. The lowest BCUT2D eigenvalue weighted by molar-refractivity contribution is -0.275. The molecule has 1 heterocycles. The van der Waals surface area contributed by atoms with Crippen LogP contribution in [-0.2, 0) is 6.42 Å². The summed E-state index contributed by atoms with van der Waals surface area (Å²) in [5.74, 6) is -0.389. The summed E-state index contributed by atoms with van der Waals surface area (Å²) in [5.41, 5.74) is 0.734. The molecular weight excluding hydrogens is 291 g/mol. The molecule has 0 fully saturated rings. The van der Waals surface area contributed by atoms with Crippen LogP contribution in [0.15, 0.2) is 29.6 Å². The number of hydrogen-bond acceptors (Lipinski definition) is 4. The van der Waals surface area contributed by atoms with Gasteiger partial charge in [0, 0.05) is 17.4 Å². The van der Waals surface area contributed by atoms with Gasteiger partial charge in [-0.2, -0.15) is 0 Å². The van der Waals surface area contributed by atoms with E-state index in [9.17, 15) is 18.3 Å².